The molecule has 2 aromatic rings. The SMILES string of the molecule is CCCN1C(=O)C(NC(=O)Cc2ccc(Cl)cc2Cl)C(=O)N(CCC)c2ccccc21. The van der Waals surface area contributed by atoms with Gasteiger partial charge in [0.05, 0.1) is 17.8 Å². The van der Waals surface area contributed by atoms with Crippen molar-refractivity contribution in [1.29, 1.82) is 0 Å². The Hall–Kier alpha value is -2.57. The third-order valence-electron chi connectivity index (χ3n) is 5.06. The van der Waals surface area contributed by atoms with Gasteiger partial charge in [0.2, 0.25) is 5.91 Å². The van der Waals surface area contributed by atoms with Gasteiger partial charge in [-0.25, -0.2) is 0 Å². The Morgan fingerprint density at radius 2 is 1.48 bits per heavy atom. The van der Waals surface area contributed by atoms with Crippen molar-refractivity contribution in [2.75, 3.05) is 22.9 Å². The van der Waals surface area contributed by atoms with Crippen LogP contribution in [-0.4, -0.2) is 36.9 Å². The van der Waals surface area contributed by atoms with Crippen LogP contribution in [0.25, 0.3) is 0 Å². The van der Waals surface area contributed by atoms with E-state index in [9.17, 15) is 14.4 Å². The minimum atomic E-state index is -1.30. The van der Waals surface area contributed by atoms with Gasteiger partial charge in [-0.3, -0.25) is 14.4 Å². The van der Waals surface area contributed by atoms with Gasteiger partial charge in [0.15, 0.2) is 6.04 Å². The molecule has 0 saturated heterocycles. The van der Waals surface area contributed by atoms with Gasteiger partial charge in [-0.1, -0.05) is 55.2 Å². The average molecular weight is 462 g/mol. The molecule has 1 N–H and O–H groups in total. The fourth-order valence-corrected chi connectivity index (χ4v) is 4.13. The van der Waals surface area contributed by atoms with Gasteiger partial charge in [0.25, 0.3) is 11.8 Å². The van der Waals surface area contributed by atoms with E-state index in [4.69, 9.17) is 23.2 Å². The Balaban J connectivity index is 1.92. The van der Waals surface area contributed by atoms with Gasteiger partial charge in [-0.05, 0) is 42.7 Å². The van der Waals surface area contributed by atoms with Crippen LogP contribution in [0.4, 0.5) is 11.4 Å². The Morgan fingerprint density at radius 3 is 1.97 bits per heavy atom. The van der Waals surface area contributed by atoms with E-state index >= 15 is 0 Å². The van der Waals surface area contributed by atoms with Gasteiger partial charge in [0, 0.05) is 23.1 Å². The quantitative estimate of drug-likeness (QED) is 0.627. The van der Waals surface area contributed by atoms with E-state index in [0.717, 1.165) is 0 Å². The van der Waals surface area contributed by atoms with E-state index in [0.29, 0.717) is 52.9 Å². The van der Waals surface area contributed by atoms with Crippen LogP contribution in [-0.2, 0) is 20.8 Å². The number of halogens is 2. The van der Waals surface area contributed by atoms with E-state index in [2.05, 4.69) is 5.32 Å². The number of benzene rings is 2. The molecule has 0 radical (unpaired) electrons. The first-order valence-corrected chi connectivity index (χ1v) is 11.1. The second kappa shape index (κ2) is 10.2. The number of anilines is 2. The normalized spacial score (nSPS) is 14.5. The predicted molar refractivity (Wildman–Crippen MR) is 124 cm³/mol. The molecule has 0 aliphatic carbocycles. The maximum atomic E-state index is 13.4. The molecule has 0 atom stereocenters. The highest BCUT2D eigenvalue weighted by Crippen LogP contribution is 2.33. The van der Waals surface area contributed by atoms with Crippen LogP contribution in [0.2, 0.25) is 10.0 Å². The van der Waals surface area contributed by atoms with Crippen molar-refractivity contribution in [1.82, 2.24) is 5.32 Å². The maximum absolute atomic E-state index is 13.4. The minimum Gasteiger partial charge on any atom is -0.336 e. The Bertz CT molecular complexity index is 951. The zero-order valence-electron chi connectivity index (χ0n) is 17.5. The summed E-state index contributed by atoms with van der Waals surface area (Å²) in [5.41, 5.74) is 1.92. The smallest absolute Gasteiger partial charge is 0.259 e. The zero-order chi connectivity index (χ0) is 22.5. The molecule has 3 amide bonds. The van der Waals surface area contributed by atoms with Crippen LogP contribution < -0.4 is 15.1 Å². The van der Waals surface area contributed by atoms with Crippen LogP contribution >= 0.6 is 23.2 Å². The standard InChI is InChI=1S/C23H25Cl2N3O3/c1-3-11-27-18-7-5-6-8-19(18)28(12-4-2)23(31)21(22(27)30)26-20(29)13-15-9-10-16(24)14-17(15)25/h5-10,14,21H,3-4,11-13H2,1-2H3,(H,26,29). The summed E-state index contributed by atoms with van der Waals surface area (Å²) in [5, 5.41) is 3.47. The summed E-state index contributed by atoms with van der Waals surface area (Å²) in [5.74, 6) is -1.34. The van der Waals surface area contributed by atoms with E-state index in [1.807, 2.05) is 38.1 Å². The number of rotatable bonds is 7. The third kappa shape index (κ3) is 5.02. The van der Waals surface area contributed by atoms with Gasteiger partial charge in [0.1, 0.15) is 0 Å². The van der Waals surface area contributed by atoms with Crippen molar-refractivity contribution in [2.45, 2.75) is 39.2 Å². The highest BCUT2D eigenvalue weighted by atomic mass is 35.5. The monoisotopic (exact) mass is 461 g/mol. The Morgan fingerprint density at radius 1 is 0.935 bits per heavy atom. The summed E-state index contributed by atoms with van der Waals surface area (Å²) in [7, 11) is 0. The summed E-state index contributed by atoms with van der Waals surface area (Å²) in [6.45, 7) is 4.81. The number of fused-ring (bicyclic) bond motifs is 1. The molecule has 0 spiro atoms. The molecule has 8 heteroatoms. The molecule has 0 unspecified atom stereocenters. The molecule has 1 aliphatic rings. The molecular formula is C23H25Cl2N3O3. The van der Waals surface area contributed by atoms with Gasteiger partial charge >= 0.3 is 0 Å². The zero-order valence-corrected chi connectivity index (χ0v) is 19.0. The largest absolute Gasteiger partial charge is 0.336 e. The minimum absolute atomic E-state index is 0.0679. The summed E-state index contributed by atoms with van der Waals surface area (Å²) in [6, 6.07) is 10.9. The number of carbonyl (C=O) groups is 3. The molecule has 164 valence electrons. The van der Waals surface area contributed by atoms with E-state index in [1.54, 1.807) is 28.0 Å². The lowest BCUT2D eigenvalue weighted by Gasteiger charge is -2.24. The number of para-hydroxylation sites is 2. The van der Waals surface area contributed by atoms with Crippen LogP contribution in [0.3, 0.4) is 0 Å². The highest BCUT2D eigenvalue weighted by Gasteiger charge is 2.40. The van der Waals surface area contributed by atoms with Gasteiger partial charge in [-0.15, -0.1) is 0 Å². The van der Waals surface area contributed by atoms with E-state index < -0.39 is 23.8 Å². The number of nitrogens with zero attached hydrogens (tertiary/aromatic N) is 2. The number of amides is 3. The first-order valence-electron chi connectivity index (χ1n) is 10.3. The first-order chi connectivity index (χ1) is 14.9. The van der Waals surface area contributed by atoms with Crippen LogP contribution in [0.5, 0.6) is 0 Å². The van der Waals surface area contributed by atoms with Crippen molar-refractivity contribution in [3.8, 4) is 0 Å². The lowest BCUT2D eigenvalue weighted by atomic mass is 10.1. The maximum Gasteiger partial charge on any atom is 0.259 e. The average Bonchev–Trinajstić information content (AvgIpc) is 2.82. The predicted octanol–water partition coefficient (Wildman–Crippen LogP) is 4.22. The van der Waals surface area contributed by atoms with Crippen LogP contribution in [0, 0.1) is 0 Å². The molecule has 3 rings (SSSR count). The highest BCUT2D eigenvalue weighted by molar-refractivity contribution is 6.35. The third-order valence-corrected chi connectivity index (χ3v) is 5.64. The number of hydrogen-bond acceptors (Lipinski definition) is 3. The van der Waals surface area contributed by atoms with Crippen molar-refractivity contribution in [3.63, 3.8) is 0 Å². The molecule has 1 aliphatic heterocycles. The fraction of sp³-hybridized carbons (Fsp3) is 0.348. The fourth-order valence-electron chi connectivity index (χ4n) is 3.66. The molecule has 1 heterocycles. The summed E-state index contributed by atoms with van der Waals surface area (Å²) in [4.78, 5) is 42.7. The van der Waals surface area contributed by atoms with E-state index in [1.165, 1.54) is 0 Å². The van der Waals surface area contributed by atoms with Crippen molar-refractivity contribution < 1.29 is 14.4 Å². The lowest BCUT2D eigenvalue weighted by Crippen LogP contribution is -2.56. The molecule has 0 aromatic heterocycles. The number of hydrogen-bond donors (Lipinski definition) is 1. The molecule has 0 bridgehead atoms. The molecular weight excluding hydrogens is 437 g/mol. The molecule has 31 heavy (non-hydrogen) atoms. The van der Waals surface area contributed by atoms with Crippen molar-refractivity contribution >= 4 is 52.3 Å². The van der Waals surface area contributed by atoms with Gasteiger partial charge < -0.3 is 15.1 Å². The summed E-state index contributed by atoms with van der Waals surface area (Å²) >= 11 is 12.1. The number of carbonyl (C=O) groups excluding carboxylic acids is 3. The number of nitrogens with one attached hydrogen (secondary N) is 1. The Labute approximate surface area is 192 Å². The summed E-state index contributed by atoms with van der Waals surface area (Å²) < 4.78 is 0. The van der Waals surface area contributed by atoms with Gasteiger partial charge in [-0.2, -0.15) is 0 Å². The Kier molecular flexibility index (Phi) is 7.57. The van der Waals surface area contributed by atoms with Crippen molar-refractivity contribution in [2.24, 2.45) is 0 Å². The molecule has 0 fully saturated rings. The van der Waals surface area contributed by atoms with E-state index in [-0.39, 0.29) is 6.42 Å². The molecule has 6 nitrogen and oxygen atoms in total. The van der Waals surface area contributed by atoms with Crippen molar-refractivity contribution in [3.05, 3.63) is 58.1 Å². The summed E-state index contributed by atoms with van der Waals surface area (Å²) in [6.07, 6.45) is 1.35. The van der Waals surface area contributed by atoms with Crippen LogP contribution in [0.15, 0.2) is 42.5 Å². The van der Waals surface area contributed by atoms with Crippen LogP contribution in [0.1, 0.15) is 32.3 Å². The first kappa shape index (κ1) is 23.1. The second-order valence-corrected chi connectivity index (χ2v) is 8.23. The molecule has 0 saturated carbocycles. The molecule has 2 aromatic carbocycles. The second-order valence-electron chi connectivity index (χ2n) is 7.38. The topological polar surface area (TPSA) is 69.7 Å². The lowest BCUT2D eigenvalue weighted by molar-refractivity contribution is -0.134.